The minimum absolute atomic E-state index is 0.0796. The molecule has 0 fully saturated rings. The number of nitrogens with one attached hydrogen (secondary N) is 1. The van der Waals surface area contributed by atoms with Crippen LogP contribution in [0.25, 0.3) is 6.08 Å². The number of hydrogen-bond acceptors (Lipinski definition) is 2. The number of hydrogen-bond donors (Lipinski definition) is 1. The van der Waals surface area contributed by atoms with Gasteiger partial charge in [-0.2, -0.15) is 11.8 Å². The molecule has 2 nitrogen and oxygen atoms in total. The summed E-state index contributed by atoms with van der Waals surface area (Å²) in [6, 6.07) is 15.4. The lowest BCUT2D eigenvalue weighted by molar-refractivity contribution is -0.116. The highest BCUT2D eigenvalue weighted by Crippen LogP contribution is 2.24. The van der Waals surface area contributed by atoms with Gasteiger partial charge in [-0.1, -0.05) is 59.6 Å². The molecule has 0 heterocycles. The molecule has 2 rings (SSSR count). The lowest BCUT2D eigenvalue weighted by atomic mass is 10.2. The van der Waals surface area contributed by atoms with Crippen molar-refractivity contribution in [2.45, 2.75) is 5.75 Å². The third kappa shape index (κ3) is 6.69. The third-order valence-electron chi connectivity index (χ3n) is 3.03. The number of halogens is 2. The predicted molar refractivity (Wildman–Crippen MR) is 101 cm³/mol. The monoisotopic (exact) mass is 365 g/mol. The van der Waals surface area contributed by atoms with E-state index in [1.54, 1.807) is 30.0 Å². The van der Waals surface area contributed by atoms with Gasteiger partial charge in [0, 0.05) is 24.1 Å². The van der Waals surface area contributed by atoms with E-state index in [0.717, 1.165) is 22.6 Å². The number of carbonyl (C=O) groups is 1. The van der Waals surface area contributed by atoms with E-state index in [1.165, 1.54) is 0 Å². The van der Waals surface area contributed by atoms with Crippen LogP contribution in [-0.2, 0) is 10.5 Å². The van der Waals surface area contributed by atoms with Crippen LogP contribution in [-0.4, -0.2) is 18.2 Å². The Labute approximate surface area is 150 Å². The van der Waals surface area contributed by atoms with Gasteiger partial charge in [-0.05, 0) is 29.3 Å². The van der Waals surface area contributed by atoms with Crippen molar-refractivity contribution in [3.63, 3.8) is 0 Å². The van der Waals surface area contributed by atoms with Gasteiger partial charge in [0.25, 0.3) is 0 Å². The van der Waals surface area contributed by atoms with Crippen LogP contribution in [0.15, 0.2) is 54.6 Å². The molecule has 2 aromatic rings. The first kappa shape index (κ1) is 17.9. The molecule has 120 valence electrons. The Balaban J connectivity index is 1.64. The summed E-state index contributed by atoms with van der Waals surface area (Å²) in [7, 11) is 0. The van der Waals surface area contributed by atoms with E-state index in [9.17, 15) is 4.79 Å². The predicted octanol–water partition coefficient (Wildman–Crippen LogP) is 5.06. The zero-order valence-electron chi connectivity index (χ0n) is 12.5. The first-order valence-electron chi connectivity index (χ1n) is 7.18. The quantitative estimate of drug-likeness (QED) is 0.548. The summed E-state index contributed by atoms with van der Waals surface area (Å²) in [5, 5.41) is 4.01. The maximum Gasteiger partial charge on any atom is 0.244 e. The van der Waals surface area contributed by atoms with Gasteiger partial charge in [-0.3, -0.25) is 4.79 Å². The second-order valence-corrected chi connectivity index (χ2v) is 6.76. The molecule has 1 N–H and O–H groups in total. The van der Waals surface area contributed by atoms with E-state index in [1.807, 2.05) is 42.5 Å². The molecular formula is C18H17Cl2NOS. The van der Waals surface area contributed by atoms with Crippen LogP contribution in [0.3, 0.4) is 0 Å². The molecule has 23 heavy (non-hydrogen) atoms. The van der Waals surface area contributed by atoms with Crippen LogP contribution in [0.4, 0.5) is 0 Å². The molecule has 0 unspecified atom stereocenters. The molecule has 0 saturated heterocycles. The molecule has 0 bridgehead atoms. The zero-order chi connectivity index (χ0) is 16.5. The highest BCUT2D eigenvalue weighted by molar-refractivity contribution is 7.98. The largest absolute Gasteiger partial charge is 0.352 e. The maximum atomic E-state index is 11.7. The normalized spacial score (nSPS) is 10.9. The molecule has 0 atom stereocenters. The van der Waals surface area contributed by atoms with Gasteiger partial charge in [-0.15, -0.1) is 0 Å². The second-order valence-electron chi connectivity index (χ2n) is 4.84. The summed E-state index contributed by atoms with van der Waals surface area (Å²) in [6.45, 7) is 0.629. The summed E-state index contributed by atoms with van der Waals surface area (Å²) < 4.78 is 0. The van der Waals surface area contributed by atoms with E-state index in [4.69, 9.17) is 23.2 Å². The zero-order valence-corrected chi connectivity index (χ0v) is 14.8. The lowest BCUT2D eigenvalue weighted by Gasteiger charge is -2.04. The molecule has 0 spiro atoms. The van der Waals surface area contributed by atoms with Gasteiger partial charge in [-0.25, -0.2) is 0 Å². The van der Waals surface area contributed by atoms with Crippen LogP contribution >= 0.6 is 35.0 Å². The Bertz CT molecular complexity index is 674. The standard InChI is InChI=1S/C18H17Cl2NOS/c19-16-8-6-15(12-17(16)20)13-23-11-10-21-18(22)9-7-14-4-2-1-3-5-14/h1-9,12H,10-11,13H2,(H,21,22). The summed E-state index contributed by atoms with van der Waals surface area (Å²) in [5.74, 6) is 1.60. The molecule has 0 saturated carbocycles. The molecule has 0 aromatic heterocycles. The van der Waals surface area contributed by atoms with Gasteiger partial charge in [0.05, 0.1) is 10.0 Å². The molecule has 1 amide bonds. The summed E-state index contributed by atoms with van der Waals surface area (Å²) >= 11 is 13.6. The van der Waals surface area contributed by atoms with E-state index < -0.39 is 0 Å². The average Bonchev–Trinajstić information content (AvgIpc) is 2.57. The van der Waals surface area contributed by atoms with Gasteiger partial charge < -0.3 is 5.32 Å². The Hall–Kier alpha value is -1.42. The van der Waals surface area contributed by atoms with Gasteiger partial charge in [0.15, 0.2) is 0 Å². The van der Waals surface area contributed by atoms with Gasteiger partial charge >= 0.3 is 0 Å². The number of rotatable bonds is 7. The van der Waals surface area contributed by atoms with E-state index >= 15 is 0 Å². The van der Waals surface area contributed by atoms with Crippen molar-refractivity contribution in [3.8, 4) is 0 Å². The van der Waals surface area contributed by atoms with E-state index in [-0.39, 0.29) is 5.91 Å². The van der Waals surface area contributed by atoms with Crippen LogP contribution in [0, 0.1) is 0 Å². The third-order valence-corrected chi connectivity index (χ3v) is 4.79. The minimum atomic E-state index is -0.0796. The van der Waals surface area contributed by atoms with Crippen molar-refractivity contribution in [2.24, 2.45) is 0 Å². The molecule has 5 heteroatoms. The highest BCUT2D eigenvalue weighted by atomic mass is 35.5. The first-order chi connectivity index (χ1) is 11.1. The van der Waals surface area contributed by atoms with Crippen LogP contribution < -0.4 is 5.32 Å². The Morgan fingerprint density at radius 1 is 1.09 bits per heavy atom. The topological polar surface area (TPSA) is 29.1 Å². The van der Waals surface area contributed by atoms with Crippen LogP contribution in [0.2, 0.25) is 10.0 Å². The van der Waals surface area contributed by atoms with Crippen molar-refractivity contribution in [3.05, 3.63) is 75.8 Å². The molecule has 0 aliphatic rings. The van der Waals surface area contributed by atoms with Gasteiger partial charge in [0.1, 0.15) is 0 Å². The number of amides is 1. The molecule has 2 aromatic carbocycles. The van der Waals surface area contributed by atoms with Crippen molar-refractivity contribution < 1.29 is 4.79 Å². The summed E-state index contributed by atoms with van der Waals surface area (Å²) in [4.78, 5) is 11.7. The molecule has 0 radical (unpaired) electrons. The Morgan fingerprint density at radius 2 is 1.87 bits per heavy atom. The second kappa shape index (κ2) is 9.66. The first-order valence-corrected chi connectivity index (χ1v) is 9.09. The highest BCUT2D eigenvalue weighted by Gasteiger charge is 2.00. The minimum Gasteiger partial charge on any atom is -0.352 e. The van der Waals surface area contributed by atoms with Crippen molar-refractivity contribution in [1.29, 1.82) is 0 Å². The smallest absolute Gasteiger partial charge is 0.244 e. The van der Waals surface area contributed by atoms with Crippen LogP contribution in [0.5, 0.6) is 0 Å². The van der Waals surface area contributed by atoms with Crippen LogP contribution in [0.1, 0.15) is 11.1 Å². The molecule has 0 aliphatic carbocycles. The number of carbonyl (C=O) groups excluding carboxylic acids is 1. The van der Waals surface area contributed by atoms with Crippen molar-refractivity contribution in [1.82, 2.24) is 5.32 Å². The van der Waals surface area contributed by atoms with Crippen molar-refractivity contribution in [2.75, 3.05) is 12.3 Å². The fourth-order valence-corrected chi connectivity index (χ4v) is 2.99. The van der Waals surface area contributed by atoms with Crippen molar-refractivity contribution >= 4 is 46.9 Å². The summed E-state index contributed by atoms with van der Waals surface area (Å²) in [5.41, 5.74) is 2.14. The fourth-order valence-electron chi connectivity index (χ4n) is 1.86. The fraction of sp³-hybridized carbons (Fsp3) is 0.167. The van der Waals surface area contributed by atoms with E-state index in [2.05, 4.69) is 5.32 Å². The van der Waals surface area contributed by atoms with Gasteiger partial charge in [0.2, 0.25) is 5.91 Å². The maximum absolute atomic E-state index is 11.7. The van der Waals surface area contributed by atoms with E-state index in [0.29, 0.717) is 16.6 Å². The molecular weight excluding hydrogens is 349 g/mol. The average molecular weight is 366 g/mol. The number of thioether (sulfide) groups is 1. The lowest BCUT2D eigenvalue weighted by Crippen LogP contribution is -2.23. The number of benzene rings is 2. The summed E-state index contributed by atoms with van der Waals surface area (Å²) in [6.07, 6.45) is 3.36. The Kier molecular flexibility index (Phi) is 7.53. The Morgan fingerprint density at radius 3 is 2.61 bits per heavy atom. The SMILES string of the molecule is O=C(C=Cc1ccccc1)NCCSCc1ccc(Cl)c(Cl)c1. The molecule has 0 aliphatic heterocycles.